The summed E-state index contributed by atoms with van der Waals surface area (Å²) < 4.78 is 5.85. The van der Waals surface area contributed by atoms with Gasteiger partial charge in [0.15, 0.2) is 0 Å². The van der Waals surface area contributed by atoms with E-state index in [9.17, 15) is 0 Å². The molecule has 0 aromatic heterocycles. The Kier molecular flexibility index (Phi) is 7.02. The number of halogens is 2. The number of likely N-dealkylation sites (tertiary alicyclic amines) is 1. The molecular weight excluding hydrogens is 331 g/mol. The van der Waals surface area contributed by atoms with Gasteiger partial charge in [0.05, 0.1) is 28.5 Å². The average Bonchev–Trinajstić information content (AvgIpc) is 2.98. The highest BCUT2D eigenvalue weighted by molar-refractivity contribution is 6.39. The first-order valence-corrected chi connectivity index (χ1v) is 9.15. The number of nitrogens with one attached hydrogen (secondary N) is 1. The van der Waals surface area contributed by atoms with E-state index in [1.54, 1.807) is 0 Å². The van der Waals surface area contributed by atoms with Gasteiger partial charge in [-0.25, -0.2) is 0 Å². The zero-order valence-electron chi connectivity index (χ0n) is 14.4. The number of benzene rings is 1. The van der Waals surface area contributed by atoms with Crippen LogP contribution in [0.15, 0.2) is 18.2 Å². The van der Waals surface area contributed by atoms with Crippen molar-refractivity contribution in [2.45, 2.75) is 46.2 Å². The van der Waals surface area contributed by atoms with Gasteiger partial charge >= 0.3 is 0 Å². The van der Waals surface area contributed by atoms with Crippen molar-refractivity contribution in [3.05, 3.63) is 28.2 Å². The number of para-hydroxylation sites is 1. The number of nitrogens with zero attached hydrogens (tertiary/aromatic N) is 1. The summed E-state index contributed by atoms with van der Waals surface area (Å²) in [5, 5.41) is 4.87. The second-order valence-corrected chi connectivity index (χ2v) is 8.22. The fourth-order valence-corrected chi connectivity index (χ4v) is 3.28. The highest BCUT2D eigenvalue weighted by Crippen LogP contribution is 2.31. The molecule has 0 amide bonds. The molecule has 2 rings (SSSR count). The molecule has 1 saturated heterocycles. The van der Waals surface area contributed by atoms with Gasteiger partial charge in [-0.05, 0) is 30.4 Å². The number of hydrogen-bond donors (Lipinski definition) is 1. The third-order valence-electron chi connectivity index (χ3n) is 3.93. The quantitative estimate of drug-likeness (QED) is 0.671. The standard InChI is InChI=1S/C18H28Cl2N2O/c1-18(2,3)13-23-12-9-16(22-10-4-5-11-22)21-17-14(19)7-6-8-15(17)20/h6-8,16,21H,4-5,9-13H2,1-3H3. The van der Waals surface area contributed by atoms with Gasteiger partial charge in [0.2, 0.25) is 0 Å². The van der Waals surface area contributed by atoms with E-state index in [-0.39, 0.29) is 11.6 Å². The summed E-state index contributed by atoms with van der Waals surface area (Å²) in [6.45, 7) is 10.3. The van der Waals surface area contributed by atoms with Crippen LogP contribution in [-0.2, 0) is 4.74 Å². The normalized spacial score (nSPS) is 17.4. The molecule has 3 nitrogen and oxygen atoms in total. The first-order chi connectivity index (χ1) is 10.9. The third kappa shape index (κ3) is 6.15. The SMILES string of the molecule is CC(C)(C)COCCC(Nc1c(Cl)cccc1Cl)N1CCCC1. The maximum Gasteiger partial charge on any atom is 0.0816 e. The number of ether oxygens (including phenoxy) is 1. The van der Waals surface area contributed by atoms with E-state index in [0.29, 0.717) is 10.0 Å². The van der Waals surface area contributed by atoms with Crippen molar-refractivity contribution in [2.24, 2.45) is 5.41 Å². The lowest BCUT2D eigenvalue weighted by Crippen LogP contribution is -2.40. The molecule has 0 saturated carbocycles. The predicted molar refractivity (Wildman–Crippen MR) is 99.6 cm³/mol. The van der Waals surface area contributed by atoms with E-state index in [4.69, 9.17) is 27.9 Å². The molecule has 1 fully saturated rings. The molecule has 23 heavy (non-hydrogen) atoms. The molecule has 1 heterocycles. The largest absolute Gasteiger partial charge is 0.381 e. The van der Waals surface area contributed by atoms with E-state index in [0.717, 1.165) is 38.4 Å². The molecule has 1 unspecified atom stereocenters. The molecule has 0 aliphatic carbocycles. The van der Waals surface area contributed by atoms with Crippen LogP contribution in [0, 0.1) is 5.41 Å². The van der Waals surface area contributed by atoms with Gasteiger partial charge in [0.25, 0.3) is 0 Å². The van der Waals surface area contributed by atoms with E-state index in [1.165, 1.54) is 12.8 Å². The lowest BCUT2D eigenvalue weighted by atomic mass is 9.99. The second-order valence-electron chi connectivity index (χ2n) is 7.40. The van der Waals surface area contributed by atoms with Crippen LogP contribution in [0.5, 0.6) is 0 Å². The molecule has 1 atom stereocenters. The Balaban J connectivity index is 1.97. The van der Waals surface area contributed by atoms with Gasteiger partial charge in [0.1, 0.15) is 0 Å². The highest BCUT2D eigenvalue weighted by atomic mass is 35.5. The van der Waals surface area contributed by atoms with Crippen LogP contribution < -0.4 is 5.32 Å². The molecule has 0 bridgehead atoms. The maximum atomic E-state index is 6.30. The van der Waals surface area contributed by atoms with Crippen LogP contribution in [0.2, 0.25) is 10.0 Å². The highest BCUT2D eigenvalue weighted by Gasteiger charge is 2.23. The monoisotopic (exact) mass is 358 g/mol. The Bertz CT molecular complexity index is 476. The fraction of sp³-hybridized carbons (Fsp3) is 0.667. The van der Waals surface area contributed by atoms with Crippen LogP contribution in [0.3, 0.4) is 0 Å². The zero-order valence-corrected chi connectivity index (χ0v) is 15.9. The minimum absolute atomic E-state index is 0.197. The van der Waals surface area contributed by atoms with Crippen LogP contribution in [-0.4, -0.2) is 37.4 Å². The molecule has 5 heteroatoms. The predicted octanol–water partition coefficient (Wildman–Crippen LogP) is 5.28. The molecular formula is C18H28Cl2N2O. The summed E-state index contributed by atoms with van der Waals surface area (Å²) in [5.41, 5.74) is 1.02. The molecule has 130 valence electrons. The molecule has 1 aromatic rings. The zero-order chi connectivity index (χ0) is 16.9. The van der Waals surface area contributed by atoms with E-state index in [1.807, 2.05) is 18.2 Å². The van der Waals surface area contributed by atoms with E-state index >= 15 is 0 Å². The lowest BCUT2D eigenvalue weighted by molar-refractivity contribution is 0.0585. The van der Waals surface area contributed by atoms with E-state index < -0.39 is 0 Å². The molecule has 1 N–H and O–H groups in total. The Labute approximate surface area is 150 Å². The summed E-state index contributed by atoms with van der Waals surface area (Å²) in [6.07, 6.45) is 3.61. The van der Waals surface area contributed by atoms with Gasteiger partial charge in [-0.2, -0.15) is 0 Å². The van der Waals surface area contributed by atoms with Gasteiger partial charge < -0.3 is 10.1 Å². The van der Waals surface area contributed by atoms with Crippen molar-refractivity contribution < 1.29 is 4.74 Å². The summed E-state index contributed by atoms with van der Waals surface area (Å²) in [6, 6.07) is 5.60. The van der Waals surface area contributed by atoms with Gasteiger partial charge in [0, 0.05) is 26.1 Å². The summed E-state index contributed by atoms with van der Waals surface area (Å²) in [4.78, 5) is 2.46. The Morgan fingerprint density at radius 3 is 2.35 bits per heavy atom. The average molecular weight is 359 g/mol. The topological polar surface area (TPSA) is 24.5 Å². The van der Waals surface area contributed by atoms with Crippen molar-refractivity contribution in [1.82, 2.24) is 4.90 Å². The molecule has 0 spiro atoms. The Morgan fingerprint density at radius 2 is 1.78 bits per heavy atom. The number of rotatable bonds is 7. The van der Waals surface area contributed by atoms with Gasteiger partial charge in [-0.3, -0.25) is 4.90 Å². The first-order valence-electron chi connectivity index (χ1n) is 8.39. The lowest BCUT2D eigenvalue weighted by Gasteiger charge is -2.30. The Hall–Kier alpha value is -0.480. The van der Waals surface area contributed by atoms with Crippen LogP contribution in [0.25, 0.3) is 0 Å². The first kappa shape index (κ1) is 18.9. The smallest absolute Gasteiger partial charge is 0.0816 e. The van der Waals surface area contributed by atoms with Crippen LogP contribution >= 0.6 is 23.2 Å². The van der Waals surface area contributed by atoms with Gasteiger partial charge in [-0.15, -0.1) is 0 Å². The summed E-state index contributed by atoms with van der Waals surface area (Å²) in [7, 11) is 0. The van der Waals surface area contributed by atoms with Gasteiger partial charge in [-0.1, -0.05) is 50.0 Å². The van der Waals surface area contributed by atoms with E-state index in [2.05, 4.69) is 31.0 Å². The van der Waals surface area contributed by atoms with Crippen molar-refractivity contribution in [2.75, 3.05) is 31.6 Å². The van der Waals surface area contributed by atoms with Crippen molar-refractivity contribution >= 4 is 28.9 Å². The fourth-order valence-electron chi connectivity index (χ4n) is 2.77. The summed E-state index contributed by atoms with van der Waals surface area (Å²) in [5.74, 6) is 0. The minimum Gasteiger partial charge on any atom is -0.381 e. The molecule has 1 aliphatic rings. The molecule has 1 aromatic carbocycles. The third-order valence-corrected chi connectivity index (χ3v) is 4.56. The number of hydrogen-bond acceptors (Lipinski definition) is 3. The molecule has 1 aliphatic heterocycles. The van der Waals surface area contributed by atoms with Crippen LogP contribution in [0.4, 0.5) is 5.69 Å². The summed E-state index contributed by atoms with van der Waals surface area (Å²) >= 11 is 12.6. The molecule has 0 radical (unpaired) electrons. The minimum atomic E-state index is 0.197. The Morgan fingerprint density at radius 1 is 1.17 bits per heavy atom. The van der Waals surface area contributed by atoms with Crippen molar-refractivity contribution in [3.8, 4) is 0 Å². The van der Waals surface area contributed by atoms with Crippen molar-refractivity contribution in [1.29, 1.82) is 0 Å². The maximum absolute atomic E-state index is 6.30. The number of anilines is 1. The second kappa shape index (κ2) is 8.57. The van der Waals surface area contributed by atoms with Crippen LogP contribution in [0.1, 0.15) is 40.0 Å². The van der Waals surface area contributed by atoms with Crippen molar-refractivity contribution in [3.63, 3.8) is 0 Å².